The molecule has 0 saturated heterocycles. The van der Waals surface area contributed by atoms with Gasteiger partial charge in [0.2, 0.25) is 15.9 Å². The van der Waals surface area contributed by atoms with Crippen LogP contribution in [0.2, 0.25) is 0 Å². The van der Waals surface area contributed by atoms with Gasteiger partial charge >= 0.3 is 6.18 Å². The fourth-order valence-corrected chi connectivity index (χ4v) is 2.29. The molecular formula is C14H11F5N2O3S. The second-order valence-corrected chi connectivity index (χ2v) is 6.74. The third kappa shape index (κ3) is 4.78. The first-order chi connectivity index (χ1) is 11.5. The molecule has 1 aromatic carbocycles. The zero-order chi connectivity index (χ0) is 18.8. The number of aromatic nitrogens is 1. The first-order valence-electron chi connectivity index (χ1n) is 6.73. The number of rotatable bonds is 5. The maximum atomic E-state index is 13.7. The molecule has 0 radical (unpaired) electrons. The van der Waals surface area contributed by atoms with Crippen LogP contribution in [-0.4, -0.2) is 19.2 Å². The number of nitrogens with one attached hydrogen (secondary N) is 1. The predicted molar refractivity (Wildman–Crippen MR) is 78.8 cm³/mol. The molecule has 0 bridgehead atoms. The van der Waals surface area contributed by atoms with Crippen molar-refractivity contribution in [3.8, 4) is 11.6 Å². The summed E-state index contributed by atoms with van der Waals surface area (Å²) < 4.78 is 95.1. The Kier molecular flexibility index (Phi) is 5.16. The van der Waals surface area contributed by atoms with Crippen molar-refractivity contribution in [3.63, 3.8) is 0 Å². The number of benzene rings is 1. The highest BCUT2D eigenvalue weighted by atomic mass is 32.2. The molecule has 25 heavy (non-hydrogen) atoms. The average molecular weight is 382 g/mol. The van der Waals surface area contributed by atoms with Gasteiger partial charge in [-0.1, -0.05) is 0 Å². The van der Waals surface area contributed by atoms with Crippen molar-refractivity contribution >= 4 is 15.7 Å². The van der Waals surface area contributed by atoms with Gasteiger partial charge in [0, 0.05) is 6.07 Å². The topological polar surface area (TPSA) is 68.3 Å². The molecule has 0 aliphatic heterocycles. The summed E-state index contributed by atoms with van der Waals surface area (Å²) in [5, 5.41) is 0. The Morgan fingerprint density at radius 1 is 1.16 bits per heavy atom. The van der Waals surface area contributed by atoms with Gasteiger partial charge in [-0.15, -0.1) is 0 Å². The summed E-state index contributed by atoms with van der Waals surface area (Å²) >= 11 is 0. The molecule has 5 nitrogen and oxygen atoms in total. The Balaban J connectivity index is 2.50. The third-order valence-electron chi connectivity index (χ3n) is 2.90. The Morgan fingerprint density at radius 3 is 2.40 bits per heavy atom. The second kappa shape index (κ2) is 6.82. The summed E-state index contributed by atoms with van der Waals surface area (Å²) in [6, 6.07) is 3.45. The number of sulfonamides is 1. The van der Waals surface area contributed by atoms with E-state index in [9.17, 15) is 30.4 Å². The van der Waals surface area contributed by atoms with Crippen LogP contribution in [0.1, 0.15) is 12.6 Å². The predicted octanol–water partition coefficient (Wildman–Crippen LogP) is 3.93. The zero-order valence-electron chi connectivity index (χ0n) is 12.6. The normalized spacial score (nSPS) is 12.1. The average Bonchev–Trinajstić information content (AvgIpc) is 2.50. The van der Waals surface area contributed by atoms with Crippen LogP contribution in [0.3, 0.4) is 0 Å². The first-order valence-corrected chi connectivity index (χ1v) is 8.38. The molecule has 0 spiro atoms. The monoisotopic (exact) mass is 382 g/mol. The lowest BCUT2D eigenvalue weighted by molar-refractivity contribution is -0.141. The molecule has 136 valence electrons. The van der Waals surface area contributed by atoms with E-state index >= 15 is 0 Å². The van der Waals surface area contributed by atoms with Crippen LogP contribution in [0.5, 0.6) is 11.6 Å². The van der Waals surface area contributed by atoms with E-state index in [4.69, 9.17) is 4.74 Å². The summed E-state index contributed by atoms with van der Waals surface area (Å²) in [5.74, 6) is -3.92. The first kappa shape index (κ1) is 18.9. The highest BCUT2D eigenvalue weighted by Crippen LogP contribution is 2.35. The number of halogens is 5. The van der Waals surface area contributed by atoms with Gasteiger partial charge in [0.05, 0.1) is 5.75 Å². The number of hydrogen-bond donors (Lipinski definition) is 1. The number of nitrogens with zero attached hydrogens (tertiary/aromatic N) is 1. The molecule has 0 aliphatic carbocycles. The van der Waals surface area contributed by atoms with E-state index in [2.05, 4.69) is 4.98 Å². The van der Waals surface area contributed by atoms with Crippen molar-refractivity contribution in [1.82, 2.24) is 4.98 Å². The lowest BCUT2D eigenvalue weighted by Crippen LogP contribution is -2.16. The lowest BCUT2D eigenvalue weighted by atomic mass is 10.3. The molecule has 2 rings (SSSR count). The fourth-order valence-electron chi connectivity index (χ4n) is 1.66. The highest BCUT2D eigenvalue weighted by molar-refractivity contribution is 7.92. The van der Waals surface area contributed by atoms with Crippen molar-refractivity contribution in [2.45, 2.75) is 13.1 Å². The van der Waals surface area contributed by atoms with Crippen molar-refractivity contribution in [2.75, 3.05) is 10.5 Å². The van der Waals surface area contributed by atoms with Crippen LogP contribution in [0.15, 0.2) is 30.3 Å². The van der Waals surface area contributed by atoms with E-state index in [1.165, 1.54) is 6.92 Å². The highest BCUT2D eigenvalue weighted by Gasteiger charge is 2.33. The molecule has 0 unspecified atom stereocenters. The van der Waals surface area contributed by atoms with Gasteiger partial charge in [-0.25, -0.2) is 22.2 Å². The zero-order valence-corrected chi connectivity index (χ0v) is 13.4. The van der Waals surface area contributed by atoms with E-state index in [-0.39, 0.29) is 5.75 Å². The minimum atomic E-state index is -4.83. The van der Waals surface area contributed by atoms with E-state index in [1.807, 2.05) is 4.72 Å². The molecule has 0 amide bonds. The van der Waals surface area contributed by atoms with E-state index < -0.39 is 50.8 Å². The van der Waals surface area contributed by atoms with Crippen molar-refractivity contribution in [1.29, 1.82) is 0 Å². The second-order valence-electron chi connectivity index (χ2n) is 4.73. The van der Waals surface area contributed by atoms with Crippen LogP contribution >= 0.6 is 0 Å². The quantitative estimate of drug-likeness (QED) is 0.796. The SMILES string of the molecule is CCS(=O)(=O)Nc1ccc(C(F)(F)F)nc1Oc1ccc(F)cc1F. The third-order valence-corrected chi connectivity index (χ3v) is 4.19. The minimum absolute atomic E-state index is 0.363. The van der Waals surface area contributed by atoms with Crippen LogP contribution in [0.4, 0.5) is 27.6 Å². The van der Waals surface area contributed by atoms with E-state index in [1.54, 1.807) is 0 Å². The maximum Gasteiger partial charge on any atom is 0.433 e. The van der Waals surface area contributed by atoms with E-state index in [0.29, 0.717) is 12.1 Å². The standard InChI is InChI=1S/C14H11F5N2O3S/c1-2-25(22,23)21-10-4-6-12(14(17,18)19)20-13(10)24-11-5-3-8(15)7-9(11)16/h3-7,21H,2H2,1H3. The fraction of sp³-hybridized carbons (Fsp3) is 0.214. The molecule has 1 heterocycles. The van der Waals surface area contributed by atoms with Crippen molar-refractivity contribution in [3.05, 3.63) is 47.7 Å². The molecule has 0 saturated carbocycles. The molecule has 2 aromatic rings. The summed E-state index contributed by atoms with van der Waals surface area (Å²) in [6.45, 7) is 1.31. The van der Waals surface area contributed by atoms with Crippen molar-refractivity contribution < 1.29 is 35.1 Å². The van der Waals surface area contributed by atoms with Gasteiger partial charge in [-0.05, 0) is 31.2 Å². The maximum absolute atomic E-state index is 13.7. The van der Waals surface area contributed by atoms with Gasteiger partial charge in [0.25, 0.3) is 0 Å². The number of hydrogen-bond acceptors (Lipinski definition) is 4. The Labute approximate surface area is 139 Å². The molecule has 1 aromatic heterocycles. The van der Waals surface area contributed by atoms with Gasteiger partial charge in [-0.2, -0.15) is 13.2 Å². The minimum Gasteiger partial charge on any atom is -0.434 e. The molecular weight excluding hydrogens is 371 g/mol. The number of ether oxygens (including phenoxy) is 1. The Morgan fingerprint density at radius 2 is 1.84 bits per heavy atom. The summed E-state index contributed by atoms with van der Waals surface area (Å²) in [5.41, 5.74) is -1.79. The Bertz CT molecular complexity index is 885. The number of pyridine rings is 1. The van der Waals surface area contributed by atoms with Gasteiger partial charge in [0.15, 0.2) is 11.6 Å². The van der Waals surface area contributed by atoms with Crippen LogP contribution < -0.4 is 9.46 Å². The van der Waals surface area contributed by atoms with Crippen LogP contribution in [0, 0.1) is 11.6 Å². The smallest absolute Gasteiger partial charge is 0.433 e. The number of alkyl halides is 3. The molecule has 0 aliphatic rings. The van der Waals surface area contributed by atoms with Gasteiger partial charge in [0.1, 0.15) is 17.2 Å². The summed E-state index contributed by atoms with van der Waals surface area (Å²) in [4.78, 5) is 3.19. The molecule has 0 atom stereocenters. The molecule has 0 fully saturated rings. The summed E-state index contributed by atoms with van der Waals surface area (Å²) in [6.07, 6.45) is -4.83. The van der Waals surface area contributed by atoms with Gasteiger partial charge in [-0.3, -0.25) is 4.72 Å². The van der Waals surface area contributed by atoms with Crippen molar-refractivity contribution in [2.24, 2.45) is 0 Å². The largest absolute Gasteiger partial charge is 0.434 e. The van der Waals surface area contributed by atoms with Crippen LogP contribution in [0.25, 0.3) is 0 Å². The summed E-state index contributed by atoms with van der Waals surface area (Å²) in [7, 11) is -3.86. The molecule has 1 N–H and O–H groups in total. The van der Waals surface area contributed by atoms with Crippen LogP contribution in [-0.2, 0) is 16.2 Å². The van der Waals surface area contributed by atoms with Gasteiger partial charge < -0.3 is 4.74 Å². The molecule has 11 heteroatoms. The number of anilines is 1. The Hall–Kier alpha value is -2.43. The van der Waals surface area contributed by atoms with E-state index in [0.717, 1.165) is 18.2 Å². The lowest BCUT2D eigenvalue weighted by Gasteiger charge is -2.14.